The average molecular weight is 1410 g/mol. The van der Waals surface area contributed by atoms with Gasteiger partial charge in [0.15, 0.2) is 18.7 Å². The molecule has 2 aliphatic heterocycles. The second kappa shape index (κ2) is 54.4. The molecule has 18 atom stereocenters. The van der Waals surface area contributed by atoms with Crippen LogP contribution in [0.5, 0.6) is 0 Å². The Morgan fingerprint density at radius 3 is 1.12 bits per heavy atom. The van der Waals surface area contributed by atoms with Gasteiger partial charge < -0.3 is 89.1 Å². The molecule has 0 amide bonds. The molecule has 3 rings (SSSR count). The molecule has 0 radical (unpaired) electrons. The van der Waals surface area contributed by atoms with Crippen molar-refractivity contribution in [3.63, 3.8) is 0 Å². The summed E-state index contributed by atoms with van der Waals surface area (Å²) in [5, 5.41) is 110. The lowest BCUT2D eigenvalue weighted by Crippen LogP contribution is -2.69. The molecular weight excluding hydrogens is 1280 g/mol. The molecule has 0 aromatic carbocycles. The monoisotopic (exact) mass is 1410 g/mol. The third-order valence-corrected chi connectivity index (χ3v) is 19.8. The second-order valence-electron chi connectivity index (χ2n) is 27.4. The van der Waals surface area contributed by atoms with Crippen molar-refractivity contribution in [1.29, 1.82) is 0 Å². The number of rotatable bonds is 59. The molecule has 11 N–H and O–H groups in total. The molecule has 0 spiro atoms. The number of phosphoric ester groups is 1. The molecule has 25 heteroatoms. The molecule has 18 unspecified atom stereocenters. The summed E-state index contributed by atoms with van der Waals surface area (Å²) in [7, 11) is -5.69. The van der Waals surface area contributed by atoms with Gasteiger partial charge in [-0.1, -0.05) is 245 Å². The third kappa shape index (κ3) is 37.6. The maximum atomic E-state index is 14.3. The molecule has 24 nitrogen and oxygen atoms in total. The highest BCUT2D eigenvalue weighted by Gasteiger charge is 2.58. The molecule has 1 aliphatic carbocycles. The topological polar surface area (TPSA) is 374 Å². The lowest BCUT2D eigenvalue weighted by atomic mass is 9.84. The number of hydrogen-bond acceptors (Lipinski definition) is 23. The smallest absolute Gasteiger partial charge is 0.463 e. The number of aliphatic hydroxyl groups is 10. The second-order valence-corrected chi connectivity index (χ2v) is 28.8. The highest BCUT2D eigenvalue weighted by atomic mass is 31.2. The van der Waals surface area contributed by atoms with Crippen molar-refractivity contribution in [3.05, 3.63) is 12.2 Å². The van der Waals surface area contributed by atoms with E-state index in [2.05, 4.69) is 32.9 Å². The van der Waals surface area contributed by atoms with Crippen LogP contribution in [-0.4, -0.2) is 204 Å². The molecule has 570 valence electrons. The Bertz CT molecular complexity index is 2060. The normalized spacial score (nSPS) is 27.8. The number of phosphoric acid groups is 1. The lowest BCUT2D eigenvalue weighted by molar-refractivity contribution is -0.360. The van der Waals surface area contributed by atoms with Crippen molar-refractivity contribution < 1.29 is 117 Å². The Labute approximate surface area is 580 Å². The molecule has 0 aromatic heterocycles. The van der Waals surface area contributed by atoms with Gasteiger partial charge in [0, 0.05) is 19.3 Å². The van der Waals surface area contributed by atoms with E-state index in [1.54, 1.807) is 0 Å². The van der Waals surface area contributed by atoms with Gasteiger partial charge in [0.05, 0.1) is 13.2 Å². The maximum Gasteiger partial charge on any atom is 0.472 e. The number of esters is 3. The summed E-state index contributed by atoms with van der Waals surface area (Å²) in [5.41, 5.74) is 0. The molecular formula is C72H133O24P. The summed E-state index contributed by atoms with van der Waals surface area (Å²) in [6.45, 7) is 3.43. The Morgan fingerprint density at radius 1 is 0.392 bits per heavy atom. The van der Waals surface area contributed by atoms with Crippen LogP contribution in [-0.2, 0) is 61.2 Å². The SMILES string of the molecule is CCCCCC/C=C\CCCCCCCCCC(=O)OC(COC(=O)CCCCCCCCCCCCC)COP(=O)(O)OC1C(OC2OC(CO)C(O)C(O)C2O)C(O)C(O)C(O)C1OC1OC(COC(=O)CCCCCCCCCCCCCCCCCC)C(O)C(O)C1O. The summed E-state index contributed by atoms with van der Waals surface area (Å²) in [4.78, 5) is 50.9. The first-order valence-electron chi connectivity index (χ1n) is 38.0. The van der Waals surface area contributed by atoms with Gasteiger partial charge in [-0.05, 0) is 44.9 Å². The average Bonchev–Trinajstić information content (AvgIpc) is 0.765. The van der Waals surface area contributed by atoms with E-state index in [0.717, 1.165) is 116 Å². The summed E-state index contributed by atoms with van der Waals surface area (Å²) >= 11 is 0. The van der Waals surface area contributed by atoms with Crippen LogP contribution in [0.1, 0.15) is 297 Å². The summed E-state index contributed by atoms with van der Waals surface area (Å²) in [6, 6.07) is 0. The van der Waals surface area contributed by atoms with Gasteiger partial charge in [-0.15, -0.1) is 0 Å². The molecule has 2 saturated heterocycles. The Hall–Kier alpha value is -2.30. The standard InChI is InChI=1S/C72H133O24P/c1-4-7-10-13-16-19-22-24-26-28-29-32-35-38-41-44-47-57(75)89-52-55-60(78)62(80)67(85)72(93-55)95-69-65(83)63(81)64(82)68(94-71-66(84)61(79)59(77)54(49-73)92-71)70(69)96-97(86,87)90-51-53(50-88-56(74)46-43-40-37-34-31-21-18-15-12-9-6-3)91-58(76)48-45-42-39-36-33-30-27-25-23-20-17-14-11-8-5-2/h20,23,53-55,59-73,77-85H,4-19,21-22,24-52H2,1-3H3,(H,86,87)/b23-20-. The Kier molecular flexibility index (Phi) is 49.8. The summed E-state index contributed by atoms with van der Waals surface area (Å²) in [5.74, 6) is -1.99. The highest BCUT2D eigenvalue weighted by Crippen LogP contribution is 2.49. The molecule has 3 aliphatic rings. The fraction of sp³-hybridized carbons (Fsp3) is 0.931. The first kappa shape index (κ1) is 88.9. The minimum absolute atomic E-state index is 0.0328. The molecule has 0 bridgehead atoms. The van der Waals surface area contributed by atoms with Gasteiger partial charge in [0.1, 0.15) is 98.7 Å². The van der Waals surface area contributed by atoms with E-state index >= 15 is 0 Å². The number of allylic oxidation sites excluding steroid dienone is 2. The summed E-state index contributed by atoms with van der Waals surface area (Å²) in [6.07, 6.45) is 12.8. The van der Waals surface area contributed by atoms with Gasteiger partial charge in [-0.25, -0.2) is 4.57 Å². The Morgan fingerprint density at radius 2 is 0.722 bits per heavy atom. The number of hydrogen-bond donors (Lipinski definition) is 11. The molecule has 0 aromatic rings. The fourth-order valence-corrected chi connectivity index (χ4v) is 13.5. The minimum Gasteiger partial charge on any atom is -0.463 e. The van der Waals surface area contributed by atoms with Crippen LogP contribution in [0.15, 0.2) is 12.2 Å². The van der Waals surface area contributed by atoms with E-state index in [4.69, 9.17) is 42.2 Å². The fourth-order valence-electron chi connectivity index (χ4n) is 12.6. The predicted molar refractivity (Wildman–Crippen MR) is 365 cm³/mol. The molecule has 2 heterocycles. The summed E-state index contributed by atoms with van der Waals surface area (Å²) < 4.78 is 65.0. The maximum absolute atomic E-state index is 14.3. The van der Waals surface area contributed by atoms with Crippen LogP contribution >= 0.6 is 7.82 Å². The van der Waals surface area contributed by atoms with Crippen molar-refractivity contribution in [2.75, 3.05) is 26.4 Å². The van der Waals surface area contributed by atoms with Crippen LogP contribution in [0.25, 0.3) is 0 Å². The number of carbonyl (C=O) groups is 3. The van der Waals surface area contributed by atoms with E-state index < -0.39 is 156 Å². The van der Waals surface area contributed by atoms with Gasteiger partial charge >= 0.3 is 25.7 Å². The van der Waals surface area contributed by atoms with Crippen LogP contribution in [0, 0.1) is 0 Å². The number of ether oxygens (including phenoxy) is 7. The number of unbranched alkanes of at least 4 members (excludes halogenated alkanes) is 36. The van der Waals surface area contributed by atoms with Crippen LogP contribution in [0.2, 0.25) is 0 Å². The van der Waals surface area contributed by atoms with Gasteiger partial charge in [0.2, 0.25) is 0 Å². The van der Waals surface area contributed by atoms with E-state index in [0.29, 0.717) is 19.3 Å². The molecule has 1 saturated carbocycles. The highest BCUT2D eigenvalue weighted by molar-refractivity contribution is 7.47. The van der Waals surface area contributed by atoms with Gasteiger partial charge in [-0.3, -0.25) is 23.4 Å². The lowest BCUT2D eigenvalue weighted by Gasteiger charge is -2.49. The zero-order valence-corrected chi connectivity index (χ0v) is 60.3. The zero-order chi connectivity index (χ0) is 71.1. The Balaban J connectivity index is 1.72. The van der Waals surface area contributed by atoms with Crippen molar-refractivity contribution in [3.8, 4) is 0 Å². The van der Waals surface area contributed by atoms with E-state index in [-0.39, 0.29) is 19.3 Å². The quantitative estimate of drug-likeness (QED) is 0.00886. The molecule has 3 fully saturated rings. The first-order chi connectivity index (χ1) is 46.8. The first-order valence-corrected chi connectivity index (χ1v) is 39.5. The van der Waals surface area contributed by atoms with Crippen LogP contribution in [0.4, 0.5) is 0 Å². The molecule has 97 heavy (non-hydrogen) atoms. The van der Waals surface area contributed by atoms with Crippen molar-refractivity contribution in [2.45, 2.75) is 401 Å². The van der Waals surface area contributed by atoms with E-state index in [1.807, 2.05) is 0 Å². The van der Waals surface area contributed by atoms with Crippen LogP contribution in [0.3, 0.4) is 0 Å². The van der Waals surface area contributed by atoms with Crippen molar-refractivity contribution >= 4 is 25.7 Å². The van der Waals surface area contributed by atoms with Crippen molar-refractivity contribution in [1.82, 2.24) is 0 Å². The largest absolute Gasteiger partial charge is 0.472 e. The zero-order valence-electron chi connectivity index (χ0n) is 59.4. The van der Waals surface area contributed by atoms with Crippen molar-refractivity contribution in [2.24, 2.45) is 0 Å². The third-order valence-electron chi connectivity index (χ3n) is 18.8. The minimum atomic E-state index is -5.69. The van der Waals surface area contributed by atoms with Gasteiger partial charge in [-0.2, -0.15) is 0 Å². The number of aliphatic hydroxyl groups excluding tert-OH is 10. The van der Waals surface area contributed by atoms with Crippen LogP contribution < -0.4 is 0 Å². The van der Waals surface area contributed by atoms with E-state index in [1.165, 1.54) is 122 Å². The number of carbonyl (C=O) groups excluding carboxylic acids is 3. The van der Waals surface area contributed by atoms with Gasteiger partial charge in [0.25, 0.3) is 0 Å². The predicted octanol–water partition coefficient (Wildman–Crippen LogP) is 10.4. The van der Waals surface area contributed by atoms with E-state index in [9.17, 15) is 74.9 Å².